The van der Waals surface area contributed by atoms with Crippen molar-refractivity contribution < 1.29 is 14.3 Å². The molecule has 118 valence electrons. The van der Waals surface area contributed by atoms with Crippen LogP contribution in [0, 0.1) is 0 Å². The largest absolute Gasteiger partial charge is 0.493 e. The number of carbonyl (C=O) groups excluding carboxylic acids is 1. The van der Waals surface area contributed by atoms with Crippen LogP contribution < -0.4 is 9.47 Å². The zero-order chi connectivity index (χ0) is 16.4. The van der Waals surface area contributed by atoms with Gasteiger partial charge in [-0.1, -0.05) is 28.1 Å². The molecule has 1 aliphatic heterocycles. The molecule has 2 aromatic carbocycles. The Kier molecular flexibility index (Phi) is 4.48. The molecule has 0 aromatic heterocycles. The van der Waals surface area contributed by atoms with Gasteiger partial charge in [-0.3, -0.25) is 9.79 Å². The first-order chi connectivity index (χ1) is 11.2. The fourth-order valence-electron chi connectivity index (χ4n) is 2.69. The van der Waals surface area contributed by atoms with E-state index in [4.69, 9.17) is 9.47 Å². The van der Waals surface area contributed by atoms with Gasteiger partial charge in [-0.05, 0) is 36.2 Å². The van der Waals surface area contributed by atoms with Crippen LogP contribution in [0.2, 0.25) is 0 Å². The number of carbonyl (C=O) groups is 1. The lowest BCUT2D eigenvalue weighted by atomic mass is 9.92. The Morgan fingerprint density at radius 3 is 2.52 bits per heavy atom. The van der Waals surface area contributed by atoms with Crippen molar-refractivity contribution in [2.24, 2.45) is 4.99 Å². The summed E-state index contributed by atoms with van der Waals surface area (Å²) >= 11 is 3.43. The third-order valence-corrected chi connectivity index (χ3v) is 4.54. The normalized spacial score (nSPS) is 13.1. The second-order valence-electron chi connectivity index (χ2n) is 5.15. The van der Waals surface area contributed by atoms with Crippen molar-refractivity contribution in [1.29, 1.82) is 0 Å². The monoisotopic (exact) mass is 373 g/mol. The number of benzene rings is 2. The molecule has 0 unspecified atom stereocenters. The molecule has 0 radical (unpaired) electrons. The molecule has 1 aliphatic rings. The van der Waals surface area contributed by atoms with Crippen molar-refractivity contribution in [3.8, 4) is 11.5 Å². The fourth-order valence-corrected chi connectivity index (χ4v) is 3.15. The lowest BCUT2D eigenvalue weighted by molar-refractivity contribution is 0.106. The maximum absolute atomic E-state index is 12.9. The summed E-state index contributed by atoms with van der Waals surface area (Å²) in [4.78, 5) is 17.4. The van der Waals surface area contributed by atoms with E-state index in [1.54, 1.807) is 20.3 Å². The van der Waals surface area contributed by atoms with Gasteiger partial charge < -0.3 is 9.47 Å². The van der Waals surface area contributed by atoms with Gasteiger partial charge in [0.1, 0.15) is 5.71 Å². The Morgan fingerprint density at radius 1 is 1.13 bits per heavy atom. The molecule has 0 atom stereocenters. The smallest absolute Gasteiger partial charge is 0.212 e. The molecule has 23 heavy (non-hydrogen) atoms. The Hall–Kier alpha value is -2.14. The van der Waals surface area contributed by atoms with E-state index < -0.39 is 0 Å². The zero-order valence-electron chi connectivity index (χ0n) is 12.9. The summed E-state index contributed by atoms with van der Waals surface area (Å²) in [6.07, 6.45) is 0.780. The molecule has 5 heteroatoms. The first-order valence-electron chi connectivity index (χ1n) is 7.24. The molecule has 1 heterocycles. The minimum atomic E-state index is -0.0920. The molecular weight excluding hydrogens is 358 g/mol. The Bertz CT molecular complexity index is 799. The molecule has 0 aliphatic carbocycles. The first-order valence-corrected chi connectivity index (χ1v) is 8.04. The fraction of sp³-hybridized carbons (Fsp3) is 0.222. The standard InChI is InChI=1S/C18H16BrNO3/c1-22-15-9-11-7-8-20-17(13(11)10-16(15)23-2)18(21)12-5-3-4-6-14(12)19/h3-6,9-10H,7-8H2,1-2H3. The lowest BCUT2D eigenvalue weighted by Crippen LogP contribution is -2.22. The highest BCUT2D eigenvalue weighted by Gasteiger charge is 2.25. The topological polar surface area (TPSA) is 47.9 Å². The summed E-state index contributed by atoms with van der Waals surface area (Å²) in [6, 6.07) is 11.1. The summed E-state index contributed by atoms with van der Waals surface area (Å²) in [5, 5.41) is 0. The molecule has 0 saturated carbocycles. The second kappa shape index (κ2) is 6.54. The van der Waals surface area contributed by atoms with Crippen LogP contribution in [0.25, 0.3) is 0 Å². The molecule has 0 fully saturated rings. The van der Waals surface area contributed by atoms with E-state index in [0.717, 1.165) is 22.0 Å². The average Bonchev–Trinajstić information content (AvgIpc) is 2.59. The van der Waals surface area contributed by atoms with Gasteiger partial charge in [0, 0.05) is 22.1 Å². The quantitative estimate of drug-likeness (QED) is 0.767. The highest BCUT2D eigenvalue weighted by Crippen LogP contribution is 2.33. The number of Topliss-reactive ketones (excluding diaryl/α,β-unsaturated/α-hetero) is 1. The predicted octanol–water partition coefficient (Wildman–Crippen LogP) is 3.69. The van der Waals surface area contributed by atoms with Gasteiger partial charge in [0.05, 0.1) is 14.2 Å². The van der Waals surface area contributed by atoms with Crippen LogP contribution in [0.15, 0.2) is 45.9 Å². The van der Waals surface area contributed by atoms with E-state index in [1.165, 1.54) is 0 Å². The molecule has 3 rings (SSSR count). The van der Waals surface area contributed by atoms with E-state index in [9.17, 15) is 4.79 Å². The summed E-state index contributed by atoms with van der Waals surface area (Å²) in [6.45, 7) is 0.591. The molecular formula is C18H16BrNO3. The molecule has 4 nitrogen and oxygen atoms in total. The minimum absolute atomic E-state index is 0.0920. The number of fused-ring (bicyclic) bond motifs is 1. The first kappa shape index (κ1) is 15.7. The van der Waals surface area contributed by atoms with Crippen LogP contribution >= 0.6 is 15.9 Å². The van der Waals surface area contributed by atoms with Crippen LogP contribution in [0.1, 0.15) is 21.5 Å². The minimum Gasteiger partial charge on any atom is -0.493 e. The molecule has 0 bridgehead atoms. The summed E-state index contributed by atoms with van der Waals surface area (Å²) < 4.78 is 11.5. The molecule has 2 aromatic rings. The Morgan fingerprint density at radius 2 is 1.83 bits per heavy atom. The molecule has 0 saturated heterocycles. The van der Waals surface area contributed by atoms with E-state index in [1.807, 2.05) is 30.3 Å². The van der Waals surface area contributed by atoms with Crippen LogP contribution in [0.3, 0.4) is 0 Å². The third-order valence-electron chi connectivity index (χ3n) is 3.85. The van der Waals surface area contributed by atoms with E-state index in [0.29, 0.717) is 29.3 Å². The van der Waals surface area contributed by atoms with Crippen molar-refractivity contribution in [2.75, 3.05) is 20.8 Å². The maximum Gasteiger partial charge on any atom is 0.212 e. The number of hydrogen-bond donors (Lipinski definition) is 0. The van der Waals surface area contributed by atoms with Crippen LogP contribution in [-0.4, -0.2) is 32.3 Å². The van der Waals surface area contributed by atoms with Crippen molar-refractivity contribution in [3.05, 3.63) is 57.6 Å². The van der Waals surface area contributed by atoms with Gasteiger partial charge in [0.15, 0.2) is 11.5 Å². The molecule has 0 N–H and O–H groups in total. The van der Waals surface area contributed by atoms with Crippen LogP contribution in [-0.2, 0) is 6.42 Å². The van der Waals surface area contributed by atoms with Gasteiger partial charge >= 0.3 is 0 Å². The third kappa shape index (κ3) is 2.88. The number of ether oxygens (including phenoxy) is 2. The summed E-state index contributed by atoms with van der Waals surface area (Å²) in [5.74, 6) is 1.17. The van der Waals surface area contributed by atoms with E-state index >= 15 is 0 Å². The second-order valence-corrected chi connectivity index (χ2v) is 6.01. The number of ketones is 1. The van der Waals surface area contributed by atoms with Crippen LogP contribution in [0.5, 0.6) is 11.5 Å². The number of rotatable bonds is 4. The van der Waals surface area contributed by atoms with Gasteiger partial charge in [0.25, 0.3) is 0 Å². The predicted molar refractivity (Wildman–Crippen MR) is 93.1 cm³/mol. The number of halogens is 1. The highest BCUT2D eigenvalue weighted by atomic mass is 79.9. The van der Waals surface area contributed by atoms with Gasteiger partial charge in [-0.2, -0.15) is 0 Å². The lowest BCUT2D eigenvalue weighted by Gasteiger charge is -2.19. The summed E-state index contributed by atoms with van der Waals surface area (Å²) in [5.41, 5.74) is 2.94. The van der Waals surface area contributed by atoms with Crippen molar-refractivity contribution in [1.82, 2.24) is 0 Å². The number of aliphatic imine (C=N–C) groups is 1. The molecule has 0 spiro atoms. The highest BCUT2D eigenvalue weighted by molar-refractivity contribution is 9.10. The van der Waals surface area contributed by atoms with Crippen molar-refractivity contribution in [3.63, 3.8) is 0 Å². The van der Waals surface area contributed by atoms with Crippen molar-refractivity contribution in [2.45, 2.75) is 6.42 Å². The number of nitrogens with zero attached hydrogens (tertiary/aromatic N) is 1. The zero-order valence-corrected chi connectivity index (χ0v) is 14.5. The van der Waals surface area contributed by atoms with Crippen LogP contribution in [0.4, 0.5) is 0 Å². The Labute approximate surface area is 143 Å². The van der Waals surface area contributed by atoms with Gasteiger partial charge in [-0.15, -0.1) is 0 Å². The van der Waals surface area contributed by atoms with E-state index in [2.05, 4.69) is 20.9 Å². The van der Waals surface area contributed by atoms with Gasteiger partial charge in [-0.25, -0.2) is 0 Å². The molecule has 0 amide bonds. The van der Waals surface area contributed by atoms with E-state index in [-0.39, 0.29) is 5.78 Å². The SMILES string of the molecule is COc1cc2c(cc1OC)C(C(=O)c1ccccc1Br)=NCC2. The Balaban J connectivity index is 2.09. The summed E-state index contributed by atoms with van der Waals surface area (Å²) in [7, 11) is 3.19. The number of methoxy groups -OCH3 is 2. The average molecular weight is 374 g/mol. The van der Waals surface area contributed by atoms with Crippen molar-refractivity contribution >= 4 is 27.4 Å². The maximum atomic E-state index is 12.9. The number of hydrogen-bond acceptors (Lipinski definition) is 4. The van der Waals surface area contributed by atoms with Gasteiger partial charge in [0.2, 0.25) is 5.78 Å².